The Morgan fingerprint density at radius 1 is 1.29 bits per heavy atom. The molecule has 1 N–H and O–H groups in total. The lowest BCUT2D eigenvalue weighted by atomic mass is 10.2. The van der Waals surface area contributed by atoms with Crippen molar-refractivity contribution >= 4 is 33.0 Å². The number of rotatable bonds is 5. The number of carbonyl (C=O) groups excluding carboxylic acids is 1. The van der Waals surface area contributed by atoms with Gasteiger partial charge in [0, 0.05) is 0 Å². The summed E-state index contributed by atoms with van der Waals surface area (Å²) in [5, 5.41) is -0.603. The van der Waals surface area contributed by atoms with E-state index < -0.39 is 21.1 Å². The molecule has 0 aliphatic carbocycles. The van der Waals surface area contributed by atoms with Gasteiger partial charge in [-0.1, -0.05) is 23.5 Å². The number of benzene rings is 1. The van der Waals surface area contributed by atoms with Crippen molar-refractivity contribution in [2.24, 2.45) is 0 Å². The van der Waals surface area contributed by atoms with Crippen LogP contribution in [0.3, 0.4) is 0 Å². The molecule has 0 radical (unpaired) electrons. The zero-order chi connectivity index (χ0) is 15.5. The van der Waals surface area contributed by atoms with Crippen LogP contribution in [-0.2, 0) is 14.8 Å². The highest BCUT2D eigenvalue weighted by molar-refractivity contribution is 7.94. The van der Waals surface area contributed by atoms with Crippen LogP contribution in [0.25, 0.3) is 0 Å². The molecule has 0 fully saturated rings. The van der Waals surface area contributed by atoms with Crippen molar-refractivity contribution in [2.75, 3.05) is 11.3 Å². The Balaban J connectivity index is 2.33. The Hall–Kier alpha value is -1.93. The number of nitrogens with one attached hydrogen (secondary N) is 1. The van der Waals surface area contributed by atoms with Gasteiger partial charge in [0.05, 0.1) is 17.9 Å². The molecule has 0 aliphatic heterocycles. The van der Waals surface area contributed by atoms with Gasteiger partial charge in [-0.25, -0.2) is 13.2 Å². The Bertz CT molecular complexity index is 755. The molecular weight excluding hydrogens is 317 g/mol. The van der Waals surface area contributed by atoms with Gasteiger partial charge in [-0.2, -0.15) is 4.39 Å². The number of carbonyl (C=O) groups is 1. The van der Waals surface area contributed by atoms with Crippen LogP contribution >= 0.6 is 11.3 Å². The smallest absolute Gasteiger partial charge is 0.340 e. The van der Waals surface area contributed by atoms with E-state index in [4.69, 9.17) is 4.74 Å². The molecule has 0 aliphatic rings. The number of halogens is 1. The van der Waals surface area contributed by atoms with Crippen LogP contribution in [0.2, 0.25) is 0 Å². The maximum Gasteiger partial charge on any atom is 0.340 e. The van der Waals surface area contributed by atoms with E-state index in [0.717, 1.165) is 12.1 Å². The van der Waals surface area contributed by atoms with E-state index in [9.17, 15) is 17.6 Å². The summed E-state index contributed by atoms with van der Waals surface area (Å²) in [7, 11) is -3.94. The fourth-order valence-electron chi connectivity index (χ4n) is 1.60. The van der Waals surface area contributed by atoms with E-state index >= 15 is 0 Å². The van der Waals surface area contributed by atoms with E-state index in [0.29, 0.717) is 11.3 Å². The molecule has 0 unspecified atom stereocenters. The van der Waals surface area contributed by atoms with Gasteiger partial charge >= 0.3 is 5.97 Å². The summed E-state index contributed by atoms with van der Waals surface area (Å²) < 4.78 is 44.2. The van der Waals surface area contributed by atoms with Crippen molar-refractivity contribution in [3.05, 3.63) is 47.1 Å². The average molecular weight is 329 g/mol. The second-order valence-electron chi connectivity index (χ2n) is 3.93. The number of sulfonamides is 1. The van der Waals surface area contributed by atoms with Crippen LogP contribution in [0.1, 0.15) is 17.3 Å². The highest BCUT2D eigenvalue weighted by Gasteiger charge is 2.20. The number of esters is 1. The molecule has 8 heteroatoms. The third-order valence-electron chi connectivity index (χ3n) is 2.48. The lowest BCUT2D eigenvalue weighted by Gasteiger charge is -2.10. The predicted molar refractivity (Wildman–Crippen MR) is 77.5 cm³/mol. The number of hydrogen-bond acceptors (Lipinski definition) is 5. The maximum atomic E-state index is 13.0. The second kappa shape index (κ2) is 6.23. The van der Waals surface area contributed by atoms with E-state index in [2.05, 4.69) is 4.72 Å². The van der Waals surface area contributed by atoms with E-state index in [1.54, 1.807) is 19.1 Å². The Morgan fingerprint density at radius 3 is 2.62 bits per heavy atom. The summed E-state index contributed by atoms with van der Waals surface area (Å²) >= 11 is 0.505. The van der Waals surface area contributed by atoms with Gasteiger partial charge in [0.1, 0.15) is 4.21 Å². The summed E-state index contributed by atoms with van der Waals surface area (Å²) in [6.07, 6.45) is 0. The minimum absolute atomic E-state index is 0.0877. The molecule has 0 bridgehead atoms. The number of thiophene rings is 1. The van der Waals surface area contributed by atoms with Crippen LogP contribution in [0, 0.1) is 5.13 Å². The minimum Gasteiger partial charge on any atom is -0.462 e. The fraction of sp³-hybridized carbons (Fsp3) is 0.154. The number of hydrogen-bond donors (Lipinski definition) is 1. The van der Waals surface area contributed by atoms with Crippen LogP contribution < -0.4 is 4.72 Å². The maximum absolute atomic E-state index is 13.0. The number of anilines is 1. The molecule has 21 heavy (non-hydrogen) atoms. The quantitative estimate of drug-likeness (QED) is 0.856. The van der Waals surface area contributed by atoms with Crippen molar-refractivity contribution < 1.29 is 22.3 Å². The van der Waals surface area contributed by atoms with Crippen molar-refractivity contribution in [2.45, 2.75) is 11.1 Å². The Labute approximate surface area is 125 Å². The largest absolute Gasteiger partial charge is 0.462 e. The van der Waals surface area contributed by atoms with Gasteiger partial charge in [0.2, 0.25) is 0 Å². The molecule has 0 spiro atoms. The second-order valence-corrected chi connectivity index (χ2v) is 6.87. The first-order chi connectivity index (χ1) is 9.94. The van der Waals surface area contributed by atoms with E-state index in [1.807, 2.05) is 0 Å². The molecule has 1 aromatic carbocycles. The molecule has 0 saturated carbocycles. The zero-order valence-corrected chi connectivity index (χ0v) is 12.6. The minimum atomic E-state index is -3.94. The van der Waals surface area contributed by atoms with Crippen LogP contribution in [0.4, 0.5) is 10.1 Å². The molecule has 1 heterocycles. The highest BCUT2D eigenvalue weighted by Crippen LogP contribution is 2.25. The summed E-state index contributed by atoms with van der Waals surface area (Å²) in [6, 6.07) is 8.29. The monoisotopic (exact) mass is 329 g/mol. The van der Waals surface area contributed by atoms with Gasteiger partial charge in [-0.05, 0) is 31.2 Å². The summed E-state index contributed by atoms with van der Waals surface area (Å²) in [5.74, 6) is -0.631. The average Bonchev–Trinajstić information content (AvgIpc) is 2.87. The standard InChI is InChI=1S/C13H12FNO4S2/c1-2-19-13(16)9-5-3-4-6-10(9)15-21(17,18)12-8-7-11(14)20-12/h3-8,15H,2H2,1H3. The normalized spacial score (nSPS) is 11.1. The Morgan fingerprint density at radius 2 is 2.00 bits per heavy atom. The van der Waals surface area contributed by atoms with Crippen LogP contribution in [0.15, 0.2) is 40.6 Å². The molecule has 0 amide bonds. The number of ether oxygens (including phenoxy) is 1. The van der Waals surface area contributed by atoms with E-state index in [1.165, 1.54) is 12.1 Å². The zero-order valence-electron chi connectivity index (χ0n) is 11.0. The van der Waals surface area contributed by atoms with Crippen LogP contribution in [0.5, 0.6) is 0 Å². The van der Waals surface area contributed by atoms with E-state index in [-0.39, 0.29) is 22.1 Å². The molecule has 5 nitrogen and oxygen atoms in total. The molecule has 2 aromatic rings. The molecule has 1 aromatic heterocycles. The fourth-order valence-corrected chi connectivity index (χ4v) is 3.68. The van der Waals surface area contributed by atoms with Crippen molar-refractivity contribution in [1.29, 1.82) is 0 Å². The lowest BCUT2D eigenvalue weighted by Crippen LogP contribution is -2.15. The van der Waals surface area contributed by atoms with Gasteiger partial charge in [0.25, 0.3) is 10.0 Å². The van der Waals surface area contributed by atoms with Crippen molar-refractivity contribution in [1.82, 2.24) is 0 Å². The molecule has 0 saturated heterocycles. The molecule has 2 rings (SSSR count). The van der Waals surface area contributed by atoms with Crippen LogP contribution in [-0.4, -0.2) is 21.0 Å². The highest BCUT2D eigenvalue weighted by atomic mass is 32.2. The third-order valence-corrected chi connectivity index (χ3v) is 5.21. The Kier molecular flexibility index (Phi) is 4.59. The van der Waals surface area contributed by atoms with Gasteiger partial charge in [-0.15, -0.1) is 0 Å². The first-order valence-corrected chi connectivity index (χ1v) is 8.28. The molecular formula is C13H12FNO4S2. The lowest BCUT2D eigenvalue weighted by molar-refractivity contribution is 0.0527. The predicted octanol–water partition coefficient (Wildman–Crippen LogP) is 2.86. The first-order valence-electron chi connectivity index (χ1n) is 5.98. The van der Waals surface area contributed by atoms with Crippen molar-refractivity contribution in [3.8, 4) is 0 Å². The molecule has 0 atom stereocenters. The summed E-state index contributed by atoms with van der Waals surface area (Å²) in [4.78, 5) is 11.8. The topological polar surface area (TPSA) is 72.5 Å². The first kappa shape index (κ1) is 15.5. The van der Waals surface area contributed by atoms with Gasteiger partial charge in [0.15, 0.2) is 5.13 Å². The summed E-state index contributed by atoms with van der Waals surface area (Å²) in [6.45, 7) is 1.83. The third kappa shape index (κ3) is 3.59. The van der Waals surface area contributed by atoms with Gasteiger partial charge in [-0.3, -0.25) is 4.72 Å². The van der Waals surface area contributed by atoms with Gasteiger partial charge < -0.3 is 4.74 Å². The number of para-hydroxylation sites is 1. The van der Waals surface area contributed by atoms with Crippen molar-refractivity contribution in [3.63, 3.8) is 0 Å². The summed E-state index contributed by atoms with van der Waals surface area (Å²) in [5.41, 5.74) is 0.185. The molecule has 112 valence electrons. The SMILES string of the molecule is CCOC(=O)c1ccccc1NS(=O)(=O)c1ccc(F)s1.